The Kier molecular flexibility index (Phi) is 7.21. The largest absolute Gasteiger partial charge is 0.416 e. The molecule has 5 heterocycles. The first-order valence-electron chi connectivity index (χ1n) is 11.7. The molecule has 204 valence electrons. The fourth-order valence-corrected chi connectivity index (χ4v) is 4.74. The molecule has 40 heavy (non-hydrogen) atoms. The topological polar surface area (TPSA) is 121 Å². The van der Waals surface area contributed by atoms with Gasteiger partial charge in [0, 0.05) is 35.8 Å². The Morgan fingerprint density at radius 3 is 2.77 bits per heavy atom. The first-order chi connectivity index (χ1) is 18.8. The molecule has 10 nitrogen and oxygen atoms in total. The molecule has 0 atom stereocenters. The Labute approximate surface area is 235 Å². The Morgan fingerprint density at radius 1 is 1.15 bits per heavy atom. The van der Waals surface area contributed by atoms with Crippen LogP contribution in [0.25, 0.3) is 11.6 Å². The van der Waals surface area contributed by atoms with Crippen LogP contribution >= 0.6 is 23.7 Å². The van der Waals surface area contributed by atoms with Gasteiger partial charge in [0.2, 0.25) is 11.1 Å². The van der Waals surface area contributed by atoms with Crippen LogP contribution in [0, 0.1) is 6.92 Å². The van der Waals surface area contributed by atoms with Crippen LogP contribution in [0.5, 0.6) is 0 Å². The van der Waals surface area contributed by atoms with Crippen LogP contribution in [0.2, 0.25) is 0 Å². The molecule has 0 saturated heterocycles. The number of nitrogens with zero attached hydrogens (tertiary/aromatic N) is 7. The van der Waals surface area contributed by atoms with Crippen LogP contribution in [0.4, 0.5) is 35.8 Å². The Morgan fingerprint density at radius 2 is 2.00 bits per heavy atom. The highest BCUT2D eigenvalue weighted by molar-refractivity contribution is 7.13. The predicted molar refractivity (Wildman–Crippen MR) is 148 cm³/mol. The van der Waals surface area contributed by atoms with Gasteiger partial charge in [0.15, 0.2) is 0 Å². The van der Waals surface area contributed by atoms with E-state index in [9.17, 15) is 18.0 Å². The van der Waals surface area contributed by atoms with E-state index in [1.807, 2.05) is 24.0 Å². The van der Waals surface area contributed by atoms with Crippen molar-refractivity contribution in [1.82, 2.24) is 25.1 Å². The Balaban J connectivity index is 0.00000323. The van der Waals surface area contributed by atoms with Crippen molar-refractivity contribution >= 4 is 69.7 Å². The lowest BCUT2D eigenvalue weighted by Crippen LogP contribution is -2.32. The molecule has 0 spiro atoms. The molecule has 0 bridgehead atoms. The van der Waals surface area contributed by atoms with E-state index in [1.165, 1.54) is 11.3 Å². The highest BCUT2D eigenvalue weighted by atomic mass is 35.5. The Bertz CT molecular complexity index is 1660. The molecular weight excluding hydrogens is 567 g/mol. The summed E-state index contributed by atoms with van der Waals surface area (Å²) in [4.78, 5) is 32.3. The van der Waals surface area contributed by atoms with Crippen molar-refractivity contribution in [1.29, 1.82) is 0 Å². The van der Waals surface area contributed by atoms with Crippen molar-refractivity contribution in [3.05, 3.63) is 76.2 Å². The zero-order valence-electron chi connectivity index (χ0n) is 20.6. The van der Waals surface area contributed by atoms with E-state index in [-0.39, 0.29) is 18.1 Å². The lowest BCUT2D eigenvalue weighted by Gasteiger charge is -2.28. The number of benzene rings is 1. The summed E-state index contributed by atoms with van der Waals surface area (Å²) in [6.07, 6.45) is 0.0333. The molecule has 3 aromatic heterocycles. The summed E-state index contributed by atoms with van der Waals surface area (Å²) in [5.74, 6) is 1.07. The second-order valence-corrected chi connectivity index (χ2v) is 9.50. The fourth-order valence-electron chi connectivity index (χ4n) is 4.30. The monoisotopic (exact) mass is 585 g/mol. The zero-order valence-corrected chi connectivity index (χ0v) is 22.2. The number of aliphatic imine (C=N–C) groups is 1. The highest BCUT2D eigenvalue weighted by Gasteiger charge is 2.32. The van der Waals surface area contributed by atoms with Crippen molar-refractivity contribution in [2.45, 2.75) is 13.1 Å². The van der Waals surface area contributed by atoms with Crippen LogP contribution < -0.4 is 15.5 Å². The maximum Gasteiger partial charge on any atom is 0.416 e. The summed E-state index contributed by atoms with van der Waals surface area (Å²) in [5, 5.41) is 14.0. The summed E-state index contributed by atoms with van der Waals surface area (Å²) in [7, 11) is 0. The van der Waals surface area contributed by atoms with E-state index < -0.39 is 17.6 Å². The summed E-state index contributed by atoms with van der Waals surface area (Å²) in [6.45, 7) is 3.13. The number of aryl methyl sites for hydroxylation is 1. The van der Waals surface area contributed by atoms with Crippen LogP contribution in [0.15, 0.2) is 53.2 Å². The van der Waals surface area contributed by atoms with Crippen molar-refractivity contribution in [2.75, 3.05) is 28.6 Å². The van der Waals surface area contributed by atoms with E-state index in [4.69, 9.17) is 4.99 Å². The standard InChI is InChI=1S/C25H18F3N9OS.ClH/c1-13-2-3-16(33-22(38)19-9-15(4-5-29-19)25(26,27)28)10-17(13)18-8-14-11-31-23(35-24-36-32-12-39-24)34-20(14)37-7-6-30-21(18)37;/h2-5,8-12H,6-7H2,1H3,(H,33,38)(H,31,34,35,36);1H. The third kappa shape index (κ3) is 5.22. The fraction of sp³-hybridized carbons (Fsp3) is 0.160. The van der Waals surface area contributed by atoms with E-state index in [2.05, 4.69) is 35.8 Å². The van der Waals surface area contributed by atoms with Gasteiger partial charge >= 0.3 is 6.18 Å². The molecule has 0 saturated carbocycles. The predicted octanol–water partition coefficient (Wildman–Crippen LogP) is 5.24. The maximum atomic E-state index is 13.1. The lowest BCUT2D eigenvalue weighted by molar-refractivity contribution is -0.137. The van der Waals surface area contributed by atoms with Gasteiger partial charge in [-0.2, -0.15) is 18.2 Å². The minimum Gasteiger partial charge on any atom is -0.321 e. The van der Waals surface area contributed by atoms with Crippen molar-refractivity contribution in [3.8, 4) is 0 Å². The van der Waals surface area contributed by atoms with E-state index in [1.54, 1.807) is 23.8 Å². The van der Waals surface area contributed by atoms with Crippen molar-refractivity contribution in [2.24, 2.45) is 4.99 Å². The van der Waals surface area contributed by atoms with E-state index in [0.29, 0.717) is 35.7 Å². The number of carbonyl (C=O) groups is 1. The second-order valence-electron chi connectivity index (χ2n) is 8.67. The van der Waals surface area contributed by atoms with Gasteiger partial charge in [-0.05, 0) is 48.4 Å². The first kappa shape index (κ1) is 27.1. The van der Waals surface area contributed by atoms with Crippen LogP contribution in [-0.2, 0) is 6.18 Å². The van der Waals surface area contributed by atoms with Gasteiger partial charge in [-0.15, -0.1) is 22.6 Å². The van der Waals surface area contributed by atoms with Crippen LogP contribution in [0.3, 0.4) is 0 Å². The minimum atomic E-state index is -4.58. The van der Waals surface area contributed by atoms with Gasteiger partial charge in [0.05, 0.1) is 12.1 Å². The van der Waals surface area contributed by atoms with Crippen LogP contribution in [0.1, 0.15) is 32.7 Å². The van der Waals surface area contributed by atoms with Crippen LogP contribution in [-0.4, -0.2) is 50.0 Å². The molecule has 6 rings (SSSR count). The molecule has 1 aromatic carbocycles. The summed E-state index contributed by atoms with van der Waals surface area (Å²) in [5.41, 5.74) is 4.07. The van der Waals surface area contributed by atoms with Gasteiger partial charge in [0.25, 0.3) is 5.91 Å². The van der Waals surface area contributed by atoms with Gasteiger partial charge in [-0.3, -0.25) is 20.1 Å². The Hall–Kier alpha value is -4.43. The van der Waals surface area contributed by atoms with Gasteiger partial charge in [-0.1, -0.05) is 17.4 Å². The molecule has 2 N–H and O–H groups in total. The number of hydrogen-bond acceptors (Lipinski definition) is 10. The zero-order chi connectivity index (χ0) is 27.1. The smallest absolute Gasteiger partial charge is 0.321 e. The maximum absolute atomic E-state index is 13.1. The number of amides is 1. The highest BCUT2D eigenvalue weighted by Crippen LogP contribution is 2.37. The molecule has 0 aliphatic carbocycles. The minimum absolute atomic E-state index is 0. The number of pyridine rings is 1. The SMILES string of the molecule is Cc1ccc(NC(=O)c2cc(C(F)(F)F)ccn2)cc1C1=Cc2cnc(Nc3nncs3)nc2N2CCN=C12.Cl. The number of carbonyl (C=O) groups excluding carboxylic acids is 1. The normalized spacial score (nSPS) is 13.9. The van der Waals surface area contributed by atoms with Crippen molar-refractivity contribution < 1.29 is 18.0 Å². The quantitative estimate of drug-likeness (QED) is 0.326. The number of amidine groups is 1. The average Bonchev–Trinajstić information content (AvgIpc) is 3.62. The molecule has 0 unspecified atom stereocenters. The number of nitrogens with one attached hydrogen (secondary N) is 2. The van der Waals surface area contributed by atoms with Gasteiger partial charge in [-0.25, -0.2) is 4.98 Å². The number of hydrogen-bond donors (Lipinski definition) is 2. The van der Waals surface area contributed by atoms with E-state index >= 15 is 0 Å². The molecule has 2 aliphatic rings. The summed E-state index contributed by atoms with van der Waals surface area (Å²) in [6, 6.07) is 6.82. The third-order valence-electron chi connectivity index (χ3n) is 6.12. The lowest BCUT2D eigenvalue weighted by atomic mass is 9.94. The number of halogens is 4. The molecule has 15 heteroatoms. The molecule has 4 aromatic rings. The summed E-state index contributed by atoms with van der Waals surface area (Å²) < 4.78 is 39.2. The third-order valence-corrected chi connectivity index (χ3v) is 6.72. The number of alkyl halides is 3. The van der Waals surface area contributed by atoms with E-state index in [0.717, 1.165) is 46.4 Å². The first-order valence-corrected chi connectivity index (χ1v) is 12.5. The molecule has 2 aliphatic heterocycles. The number of anilines is 4. The van der Waals surface area contributed by atoms with Gasteiger partial charge in [0.1, 0.15) is 22.9 Å². The number of rotatable bonds is 5. The molecule has 0 radical (unpaired) electrons. The number of aromatic nitrogens is 5. The molecule has 1 amide bonds. The van der Waals surface area contributed by atoms with Gasteiger partial charge < -0.3 is 10.2 Å². The molecular formula is C25H19ClF3N9OS. The second kappa shape index (κ2) is 10.6. The molecule has 0 fully saturated rings. The average molecular weight is 586 g/mol. The summed E-state index contributed by atoms with van der Waals surface area (Å²) >= 11 is 1.33. The van der Waals surface area contributed by atoms with Crippen molar-refractivity contribution in [3.63, 3.8) is 0 Å². The number of fused-ring (bicyclic) bond motifs is 3.